The summed E-state index contributed by atoms with van der Waals surface area (Å²) in [6, 6.07) is 9.27. The van der Waals surface area contributed by atoms with Crippen LogP contribution in [-0.4, -0.2) is 53.5 Å². The molecule has 1 aliphatic heterocycles. The molecule has 164 valence electrons. The zero-order valence-corrected chi connectivity index (χ0v) is 18.8. The predicted molar refractivity (Wildman–Crippen MR) is 116 cm³/mol. The van der Waals surface area contributed by atoms with Crippen molar-refractivity contribution in [2.75, 3.05) is 33.3 Å². The van der Waals surface area contributed by atoms with E-state index in [9.17, 15) is 0 Å². The monoisotopic (exact) mass is 414 g/mol. The number of tetrazole rings is 1. The summed E-state index contributed by atoms with van der Waals surface area (Å²) in [6.45, 7) is 10.3. The zero-order valence-electron chi connectivity index (χ0n) is 18.8. The topological polar surface area (TPSA) is 61.7 Å². The van der Waals surface area contributed by atoms with Gasteiger partial charge in [-0.25, -0.2) is 4.68 Å². The first-order valence-electron chi connectivity index (χ1n) is 11.7. The number of ether oxygens (including phenoxy) is 1. The van der Waals surface area contributed by atoms with Gasteiger partial charge in [-0.1, -0.05) is 45.2 Å². The molecular formula is C23H38N6O+2. The molecule has 7 heteroatoms. The lowest BCUT2D eigenvalue weighted by molar-refractivity contribution is -1.03. The van der Waals surface area contributed by atoms with Gasteiger partial charge >= 0.3 is 0 Å². The number of hydrogen-bond donors (Lipinski definition) is 2. The summed E-state index contributed by atoms with van der Waals surface area (Å²) >= 11 is 0. The second kappa shape index (κ2) is 9.88. The van der Waals surface area contributed by atoms with Crippen molar-refractivity contribution in [3.8, 4) is 5.75 Å². The second-order valence-electron chi connectivity index (χ2n) is 9.39. The van der Waals surface area contributed by atoms with E-state index in [-0.39, 0.29) is 0 Å². The number of benzene rings is 1. The maximum Gasteiger partial charge on any atom is 0.209 e. The van der Waals surface area contributed by atoms with Crippen molar-refractivity contribution in [1.29, 1.82) is 0 Å². The van der Waals surface area contributed by atoms with Crippen LogP contribution in [0.3, 0.4) is 0 Å². The van der Waals surface area contributed by atoms with E-state index in [0.717, 1.165) is 31.2 Å². The number of nitrogens with one attached hydrogen (secondary N) is 2. The Bertz CT molecular complexity index is 792. The van der Waals surface area contributed by atoms with Gasteiger partial charge in [0.2, 0.25) is 5.82 Å². The van der Waals surface area contributed by atoms with Gasteiger partial charge in [-0.15, -0.1) is 5.10 Å². The van der Waals surface area contributed by atoms with Crippen LogP contribution in [0.4, 0.5) is 0 Å². The standard InChI is InChI=1S/C23H36N6O/c1-18(2)22(23-24-25-26-29(23)20-10-5-4-6-11-20)28-15-13-27(14-16-28)17-19-9-7-8-12-21(19)30-3/h7-9,12,18,20,22H,4-6,10-11,13-17H2,1-3H3/p+2/t22-/m1/s1. The summed E-state index contributed by atoms with van der Waals surface area (Å²) in [5.41, 5.74) is 1.31. The third-order valence-corrected chi connectivity index (χ3v) is 7.06. The molecule has 1 aromatic carbocycles. The van der Waals surface area contributed by atoms with Gasteiger partial charge in [0.1, 0.15) is 38.5 Å². The summed E-state index contributed by atoms with van der Waals surface area (Å²) in [5.74, 6) is 2.63. The molecule has 1 atom stereocenters. The Balaban J connectivity index is 1.43. The fraction of sp³-hybridized carbons (Fsp3) is 0.696. The molecule has 1 saturated heterocycles. The average molecular weight is 415 g/mol. The Morgan fingerprint density at radius 1 is 1.07 bits per heavy atom. The largest absolute Gasteiger partial charge is 0.496 e. The highest BCUT2D eigenvalue weighted by atomic mass is 16.5. The molecule has 1 saturated carbocycles. The molecule has 4 rings (SSSR count). The van der Waals surface area contributed by atoms with Crippen molar-refractivity contribution in [2.45, 2.75) is 64.6 Å². The van der Waals surface area contributed by atoms with Crippen molar-refractivity contribution in [1.82, 2.24) is 20.2 Å². The minimum atomic E-state index is 0.370. The van der Waals surface area contributed by atoms with Gasteiger partial charge < -0.3 is 14.5 Å². The van der Waals surface area contributed by atoms with Crippen LogP contribution in [0.15, 0.2) is 24.3 Å². The number of quaternary nitrogens is 2. The van der Waals surface area contributed by atoms with E-state index >= 15 is 0 Å². The molecule has 0 amide bonds. The molecular weight excluding hydrogens is 376 g/mol. The maximum atomic E-state index is 5.55. The fourth-order valence-corrected chi connectivity index (χ4v) is 5.47. The summed E-state index contributed by atoms with van der Waals surface area (Å²) < 4.78 is 7.74. The highest BCUT2D eigenvalue weighted by Crippen LogP contribution is 2.29. The Morgan fingerprint density at radius 3 is 2.50 bits per heavy atom. The normalized spacial score (nSPS) is 24.1. The van der Waals surface area contributed by atoms with Crippen LogP contribution in [0.2, 0.25) is 0 Å². The minimum Gasteiger partial charge on any atom is -0.496 e. The summed E-state index contributed by atoms with van der Waals surface area (Å²) in [7, 11) is 1.76. The Morgan fingerprint density at radius 2 is 1.80 bits per heavy atom. The van der Waals surface area contributed by atoms with Gasteiger partial charge in [-0.2, -0.15) is 0 Å². The van der Waals surface area contributed by atoms with Gasteiger partial charge in [-0.05, 0) is 35.4 Å². The van der Waals surface area contributed by atoms with Crippen LogP contribution >= 0.6 is 0 Å². The maximum absolute atomic E-state index is 5.55. The first-order chi connectivity index (χ1) is 14.7. The molecule has 2 heterocycles. The molecule has 2 aromatic rings. The van der Waals surface area contributed by atoms with Crippen molar-refractivity contribution in [3.05, 3.63) is 35.7 Å². The Labute approximate surface area is 180 Å². The highest BCUT2D eigenvalue weighted by Gasteiger charge is 2.37. The number of nitrogens with zero attached hydrogens (tertiary/aromatic N) is 4. The number of rotatable bonds is 7. The molecule has 0 spiro atoms. The van der Waals surface area contributed by atoms with E-state index in [0.29, 0.717) is 18.0 Å². The van der Waals surface area contributed by atoms with Crippen LogP contribution in [0.5, 0.6) is 5.75 Å². The second-order valence-corrected chi connectivity index (χ2v) is 9.39. The van der Waals surface area contributed by atoms with Crippen molar-refractivity contribution in [2.24, 2.45) is 5.92 Å². The van der Waals surface area contributed by atoms with Crippen LogP contribution < -0.4 is 14.5 Å². The first kappa shape index (κ1) is 21.2. The molecule has 0 radical (unpaired) electrons. The summed E-state index contributed by atoms with van der Waals surface area (Å²) in [5, 5.41) is 13.1. The molecule has 0 bridgehead atoms. The summed E-state index contributed by atoms with van der Waals surface area (Å²) in [4.78, 5) is 3.28. The van der Waals surface area contributed by atoms with Gasteiger partial charge in [0, 0.05) is 11.5 Å². The quantitative estimate of drug-likeness (QED) is 0.706. The Hall–Kier alpha value is -1.99. The minimum absolute atomic E-state index is 0.370. The third kappa shape index (κ3) is 4.67. The first-order valence-corrected chi connectivity index (χ1v) is 11.7. The predicted octanol–water partition coefficient (Wildman–Crippen LogP) is 0.868. The molecule has 2 N–H and O–H groups in total. The zero-order chi connectivity index (χ0) is 20.9. The van der Waals surface area contributed by atoms with Crippen LogP contribution in [-0.2, 0) is 6.54 Å². The number of methoxy groups -OCH3 is 1. The van der Waals surface area contributed by atoms with Gasteiger partial charge in [0.05, 0.1) is 13.2 Å². The number of aromatic nitrogens is 4. The van der Waals surface area contributed by atoms with Crippen molar-refractivity contribution >= 4 is 0 Å². The van der Waals surface area contributed by atoms with E-state index in [1.165, 1.54) is 50.8 Å². The van der Waals surface area contributed by atoms with Crippen molar-refractivity contribution < 1.29 is 14.5 Å². The van der Waals surface area contributed by atoms with Crippen LogP contribution in [0.25, 0.3) is 0 Å². The Kier molecular flexibility index (Phi) is 7.00. The van der Waals surface area contributed by atoms with E-state index < -0.39 is 0 Å². The van der Waals surface area contributed by atoms with Crippen molar-refractivity contribution in [3.63, 3.8) is 0 Å². The molecule has 1 aromatic heterocycles. The molecule has 0 unspecified atom stereocenters. The number of para-hydroxylation sites is 1. The highest BCUT2D eigenvalue weighted by molar-refractivity contribution is 5.32. The fourth-order valence-electron chi connectivity index (χ4n) is 5.47. The molecule has 7 nitrogen and oxygen atoms in total. The molecule has 2 fully saturated rings. The lowest BCUT2D eigenvalue weighted by atomic mass is 9.94. The van der Waals surface area contributed by atoms with E-state index in [4.69, 9.17) is 4.74 Å². The molecule has 1 aliphatic carbocycles. The number of piperazine rings is 1. The van der Waals surface area contributed by atoms with E-state index in [2.05, 4.69) is 52.3 Å². The number of hydrogen-bond acceptors (Lipinski definition) is 4. The van der Waals surface area contributed by atoms with E-state index in [1.807, 2.05) is 6.07 Å². The third-order valence-electron chi connectivity index (χ3n) is 7.06. The van der Waals surface area contributed by atoms with Crippen LogP contribution in [0, 0.1) is 5.92 Å². The summed E-state index contributed by atoms with van der Waals surface area (Å²) in [6.07, 6.45) is 6.39. The van der Waals surface area contributed by atoms with Gasteiger partial charge in [0.15, 0.2) is 6.04 Å². The van der Waals surface area contributed by atoms with Crippen LogP contribution in [0.1, 0.15) is 69.4 Å². The van der Waals surface area contributed by atoms with Gasteiger partial charge in [-0.3, -0.25) is 0 Å². The van der Waals surface area contributed by atoms with E-state index in [1.54, 1.807) is 16.9 Å². The lowest BCUT2D eigenvalue weighted by Gasteiger charge is -2.36. The van der Waals surface area contributed by atoms with Gasteiger partial charge in [0.25, 0.3) is 0 Å². The lowest BCUT2D eigenvalue weighted by Crippen LogP contribution is -3.27. The average Bonchev–Trinajstić information content (AvgIpc) is 3.25. The SMILES string of the molecule is COc1ccccc1C[NH+]1CC[NH+]([C@@H](c2nnnn2C2CCCCC2)C(C)C)CC1. The molecule has 30 heavy (non-hydrogen) atoms. The molecule has 2 aliphatic rings. The smallest absolute Gasteiger partial charge is 0.209 e.